The van der Waals surface area contributed by atoms with Crippen LogP contribution in [-0.2, 0) is 0 Å². The first-order chi connectivity index (χ1) is 16.3. The predicted molar refractivity (Wildman–Crippen MR) is 123 cm³/mol. The molecule has 33 heavy (non-hydrogen) atoms. The molecular formula is C26H18N6O. The summed E-state index contributed by atoms with van der Waals surface area (Å²) in [5.41, 5.74) is 4.08. The van der Waals surface area contributed by atoms with Crippen LogP contribution in [0.15, 0.2) is 102 Å². The molecule has 5 rings (SSSR count). The summed E-state index contributed by atoms with van der Waals surface area (Å²) in [6, 6.07) is 29.8. The van der Waals surface area contributed by atoms with Gasteiger partial charge in [0.1, 0.15) is 24.3 Å². The van der Waals surface area contributed by atoms with Gasteiger partial charge >= 0.3 is 0 Å². The van der Waals surface area contributed by atoms with Gasteiger partial charge in [0, 0.05) is 0 Å². The van der Waals surface area contributed by atoms with Gasteiger partial charge in [-0.05, 0) is 34.9 Å². The minimum Gasteiger partial charge on any atom is -0.333 e. The van der Waals surface area contributed by atoms with Gasteiger partial charge in [-0.25, -0.2) is 9.67 Å². The second-order valence-electron chi connectivity index (χ2n) is 7.31. The van der Waals surface area contributed by atoms with Crippen molar-refractivity contribution in [2.45, 2.75) is 5.92 Å². The Bertz CT molecular complexity index is 1360. The third kappa shape index (κ3) is 4.31. The van der Waals surface area contributed by atoms with Gasteiger partial charge in [-0.2, -0.15) is 15.3 Å². The fourth-order valence-corrected chi connectivity index (χ4v) is 3.62. The molecule has 0 aliphatic rings. The Kier molecular flexibility index (Phi) is 5.55. The molecule has 0 unspecified atom stereocenters. The van der Waals surface area contributed by atoms with Gasteiger partial charge in [0.25, 0.3) is 5.89 Å². The number of nitrogens with zero attached hydrogens (tertiary/aromatic N) is 6. The smallest absolute Gasteiger partial charge is 0.268 e. The fraction of sp³-hybridized carbons (Fsp3) is 0.0385. The number of allylic oxidation sites excluding steroid dienone is 1. The van der Waals surface area contributed by atoms with Crippen molar-refractivity contribution in [3.8, 4) is 11.8 Å². The van der Waals surface area contributed by atoms with Crippen LogP contribution in [0.2, 0.25) is 0 Å². The number of benzene rings is 3. The van der Waals surface area contributed by atoms with Gasteiger partial charge in [-0.3, -0.25) is 0 Å². The maximum atomic E-state index is 9.76. The molecule has 5 aromatic rings. The monoisotopic (exact) mass is 430 g/mol. The van der Waals surface area contributed by atoms with Crippen LogP contribution in [0.5, 0.6) is 0 Å². The van der Waals surface area contributed by atoms with E-state index < -0.39 is 0 Å². The predicted octanol–water partition coefficient (Wildman–Crippen LogP) is 4.89. The molecule has 0 aliphatic heterocycles. The number of nitriles is 1. The molecule has 7 nitrogen and oxygen atoms in total. The van der Waals surface area contributed by atoms with Gasteiger partial charge in [0.15, 0.2) is 5.82 Å². The Labute approximate surface area is 190 Å². The summed E-state index contributed by atoms with van der Waals surface area (Å²) < 4.78 is 7.19. The topological polar surface area (TPSA) is 93.4 Å². The lowest BCUT2D eigenvalue weighted by Gasteiger charge is -2.14. The van der Waals surface area contributed by atoms with Crippen LogP contribution in [0.4, 0.5) is 0 Å². The summed E-state index contributed by atoms with van der Waals surface area (Å²) >= 11 is 0. The first kappa shape index (κ1) is 20.1. The van der Waals surface area contributed by atoms with E-state index in [0.717, 1.165) is 22.4 Å². The Morgan fingerprint density at radius 3 is 2.15 bits per heavy atom. The second-order valence-corrected chi connectivity index (χ2v) is 7.31. The third-order valence-electron chi connectivity index (χ3n) is 5.20. The summed E-state index contributed by atoms with van der Waals surface area (Å²) in [5, 5.41) is 18.1. The van der Waals surface area contributed by atoms with Gasteiger partial charge in [-0.15, -0.1) is 0 Å². The lowest BCUT2D eigenvalue weighted by molar-refractivity contribution is 0.401. The Balaban J connectivity index is 1.47. The minimum atomic E-state index is -0.202. The highest BCUT2D eigenvalue weighted by molar-refractivity contribution is 5.86. The molecule has 0 bridgehead atoms. The molecule has 0 fully saturated rings. The first-order valence-electron chi connectivity index (χ1n) is 10.3. The van der Waals surface area contributed by atoms with E-state index in [1.54, 1.807) is 17.1 Å². The Morgan fingerprint density at radius 2 is 1.58 bits per heavy atom. The molecule has 158 valence electrons. The normalized spacial score (nSPS) is 11.5. The van der Waals surface area contributed by atoms with Gasteiger partial charge in [0.05, 0.1) is 11.6 Å². The number of aromatic nitrogens is 5. The zero-order chi connectivity index (χ0) is 22.5. The van der Waals surface area contributed by atoms with Gasteiger partial charge in [0.2, 0.25) is 0 Å². The van der Waals surface area contributed by atoms with E-state index in [1.807, 2.05) is 84.9 Å². The lowest BCUT2D eigenvalue weighted by atomic mass is 9.91. The summed E-state index contributed by atoms with van der Waals surface area (Å²) in [7, 11) is 0. The first-order valence-corrected chi connectivity index (χ1v) is 10.3. The van der Waals surface area contributed by atoms with Gasteiger partial charge < -0.3 is 4.52 Å². The van der Waals surface area contributed by atoms with E-state index in [0.29, 0.717) is 11.4 Å². The molecule has 0 amide bonds. The van der Waals surface area contributed by atoms with E-state index >= 15 is 0 Å². The zero-order valence-corrected chi connectivity index (χ0v) is 17.5. The van der Waals surface area contributed by atoms with Crippen LogP contribution < -0.4 is 0 Å². The maximum absolute atomic E-state index is 9.76. The highest BCUT2D eigenvalue weighted by atomic mass is 16.5. The van der Waals surface area contributed by atoms with E-state index in [4.69, 9.17) is 4.52 Å². The van der Waals surface area contributed by atoms with Crippen molar-refractivity contribution in [3.05, 3.63) is 126 Å². The van der Waals surface area contributed by atoms with E-state index in [9.17, 15) is 5.26 Å². The molecule has 2 aromatic heterocycles. The molecule has 3 aromatic carbocycles. The average Bonchev–Trinajstić information content (AvgIpc) is 3.58. The van der Waals surface area contributed by atoms with Crippen LogP contribution in [-0.4, -0.2) is 24.9 Å². The molecule has 0 atom stereocenters. The van der Waals surface area contributed by atoms with E-state index in [-0.39, 0.29) is 11.8 Å². The van der Waals surface area contributed by atoms with Crippen molar-refractivity contribution < 1.29 is 4.52 Å². The summed E-state index contributed by atoms with van der Waals surface area (Å²) in [5.74, 6) is 0.488. The molecule has 0 N–H and O–H groups in total. The van der Waals surface area contributed by atoms with Crippen LogP contribution in [0.1, 0.15) is 34.3 Å². The molecule has 0 spiro atoms. The van der Waals surface area contributed by atoms with Crippen molar-refractivity contribution in [2.75, 3.05) is 0 Å². The van der Waals surface area contributed by atoms with Crippen LogP contribution in [0.3, 0.4) is 0 Å². The molecule has 0 saturated heterocycles. The second kappa shape index (κ2) is 9.12. The minimum absolute atomic E-state index is 0.185. The average molecular weight is 430 g/mol. The maximum Gasteiger partial charge on any atom is 0.268 e. The molecular weight excluding hydrogens is 412 g/mol. The molecule has 0 saturated carbocycles. The number of hydrogen-bond donors (Lipinski definition) is 0. The highest BCUT2D eigenvalue weighted by Gasteiger charge is 2.23. The van der Waals surface area contributed by atoms with E-state index in [2.05, 4.69) is 26.3 Å². The van der Waals surface area contributed by atoms with Crippen LogP contribution >= 0.6 is 0 Å². The zero-order valence-electron chi connectivity index (χ0n) is 17.5. The van der Waals surface area contributed by atoms with Crippen molar-refractivity contribution in [1.82, 2.24) is 24.9 Å². The Morgan fingerprint density at radius 1 is 0.909 bits per heavy atom. The quantitative estimate of drug-likeness (QED) is 0.356. The van der Waals surface area contributed by atoms with Crippen molar-refractivity contribution in [3.63, 3.8) is 0 Å². The number of hydrogen-bond acceptors (Lipinski definition) is 6. The third-order valence-corrected chi connectivity index (χ3v) is 5.20. The largest absolute Gasteiger partial charge is 0.333 e. The van der Waals surface area contributed by atoms with Crippen LogP contribution in [0, 0.1) is 11.3 Å². The van der Waals surface area contributed by atoms with E-state index in [1.165, 1.54) is 6.33 Å². The summed E-state index contributed by atoms with van der Waals surface area (Å²) in [6.45, 7) is 0. The molecule has 0 radical (unpaired) electrons. The van der Waals surface area contributed by atoms with Crippen molar-refractivity contribution in [1.29, 1.82) is 5.26 Å². The Hall–Kier alpha value is -4.83. The van der Waals surface area contributed by atoms with Crippen LogP contribution in [0.25, 0.3) is 17.3 Å². The van der Waals surface area contributed by atoms with Crippen molar-refractivity contribution >= 4 is 11.6 Å². The summed E-state index contributed by atoms with van der Waals surface area (Å²) in [6.07, 6.45) is 4.83. The lowest BCUT2D eigenvalue weighted by Crippen LogP contribution is -2.05. The van der Waals surface area contributed by atoms with Crippen molar-refractivity contribution in [2.24, 2.45) is 0 Å². The SMILES string of the molecule is N#C/C(=C\c1ccc(-n2cncn2)cc1)c1nc(C(c2ccccc2)c2ccccc2)no1. The molecule has 2 heterocycles. The summed E-state index contributed by atoms with van der Waals surface area (Å²) in [4.78, 5) is 8.55. The number of rotatable bonds is 6. The van der Waals surface area contributed by atoms with Gasteiger partial charge in [-0.1, -0.05) is 78.0 Å². The molecule has 0 aliphatic carbocycles. The molecule has 7 heteroatoms. The fourth-order valence-electron chi connectivity index (χ4n) is 3.62. The standard InChI is InChI=1S/C26H18N6O/c27-16-22(15-19-11-13-23(14-12-19)32-18-28-17-29-32)26-30-25(31-33-26)24(20-7-3-1-4-8-20)21-9-5-2-6-10-21/h1-15,17-18,24H/b22-15+. The highest BCUT2D eigenvalue weighted by Crippen LogP contribution is 2.30.